The molecule has 0 spiro atoms. The summed E-state index contributed by atoms with van der Waals surface area (Å²) in [6.45, 7) is 4.51. The second kappa shape index (κ2) is 5.54. The molecule has 0 aliphatic heterocycles. The highest BCUT2D eigenvalue weighted by Gasteiger charge is 2.36. The van der Waals surface area contributed by atoms with Gasteiger partial charge < -0.3 is 5.73 Å². The van der Waals surface area contributed by atoms with Crippen LogP contribution in [0.1, 0.15) is 38.7 Å². The Morgan fingerprint density at radius 3 is 2.67 bits per heavy atom. The first-order valence-corrected chi connectivity index (χ1v) is 8.03. The van der Waals surface area contributed by atoms with E-state index in [1.54, 1.807) is 0 Å². The van der Waals surface area contributed by atoms with Crippen LogP contribution in [0.25, 0.3) is 0 Å². The third-order valence-electron chi connectivity index (χ3n) is 3.88. The molecule has 0 heterocycles. The third kappa shape index (κ3) is 3.42. The monoisotopic (exact) mass is 265 g/mol. The Balaban J connectivity index is 2.04. The lowest BCUT2D eigenvalue weighted by atomic mass is 9.75. The predicted molar refractivity (Wildman–Crippen MR) is 77.7 cm³/mol. The molecule has 0 bridgehead atoms. The maximum absolute atomic E-state index is 12.5. The third-order valence-corrected chi connectivity index (χ3v) is 5.68. The molecule has 1 aromatic carbocycles. The summed E-state index contributed by atoms with van der Waals surface area (Å²) in [7, 11) is -0.859. The highest BCUT2D eigenvalue weighted by Crippen LogP contribution is 2.37. The maximum atomic E-state index is 12.5. The zero-order chi connectivity index (χ0) is 13.2. The van der Waals surface area contributed by atoms with Crippen molar-refractivity contribution in [3.8, 4) is 0 Å². The lowest BCUT2D eigenvalue weighted by Crippen LogP contribution is -2.45. The van der Waals surface area contributed by atoms with Gasteiger partial charge in [0, 0.05) is 22.6 Å². The molecule has 3 heteroatoms. The van der Waals surface area contributed by atoms with Crippen LogP contribution in [0.2, 0.25) is 0 Å². The van der Waals surface area contributed by atoms with Crippen molar-refractivity contribution < 1.29 is 4.21 Å². The van der Waals surface area contributed by atoms with Crippen LogP contribution in [0.15, 0.2) is 30.3 Å². The smallest absolute Gasteiger partial charge is 0.0507 e. The van der Waals surface area contributed by atoms with Crippen LogP contribution in [0.4, 0.5) is 0 Å². The van der Waals surface area contributed by atoms with E-state index in [1.807, 2.05) is 30.3 Å². The second-order valence-electron chi connectivity index (χ2n) is 6.12. The van der Waals surface area contributed by atoms with Crippen molar-refractivity contribution in [2.45, 2.75) is 50.2 Å². The molecule has 1 aliphatic carbocycles. The van der Waals surface area contributed by atoms with E-state index in [0.29, 0.717) is 5.75 Å². The minimum atomic E-state index is -0.859. The van der Waals surface area contributed by atoms with E-state index in [4.69, 9.17) is 5.73 Å². The predicted octanol–water partition coefficient (Wildman–Crippen LogP) is 2.84. The van der Waals surface area contributed by atoms with E-state index in [-0.39, 0.29) is 16.7 Å². The average Bonchev–Trinajstić information content (AvgIpc) is 2.33. The number of rotatable bonds is 3. The Morgan fingerprint density at radius 1 is 1.33 bits per heavy atom. The molecule has 0 aromatic heterocycles. The maximum Gasteiger partial charge on any atom is 0.0507 e. The molecule has 18 heavy (non-hydrogen) atoms. The minimum absolute atomic E-state index is 0.0996. The highest BCUT2D eigenvalue weighted by atomic mass is 32.2. The first-order chi connectivity index (χ1) is 8.48. The number of benzene rings is 1. The van der Waals surface area contributed by atoms with Crippen LogP contribution in [0.3, 0.4) is 0 Å². The molecule has 2 rings (SSSR count). The van der Waals surface area contributed by atoms with Gasteiger partial charge in [0.25, 0.3) is 0 Å². The molecular formula is C15H23NOS. The normalized spacial score (nSPS) is 28.8. The largest absolute Gasteiger partial charge is 0.327 e. The van der Waals surface area contributed by atoms with Gasteiger partial charge >= 0.3 is 0 Å². The van der Waals surface area contributed by atoms with Crippen molar-refractivity contribution >= 4 is 10.8 Å². The van der Waals surface area contributed by atoms with Gasteiger partial charge in [0.1, 0.15) is 0 Å². The topological polar surface area (TPSA) is 43.1 Å². The van der Waals surface area contributed by atoms with Gasteiger partial charge in [-0.25, -0.2) is 0 Å². The summed E-state index contributed by atoms with van der Waals surface area (Å²) in [5.74, 6) is 0.634. The Bertz CT molecular complexity index is 416. The molecule has 3 atom stereocenters. The first-order valence-electron chi connectivity index (χ1n) is 6.65. The zero-order valence-electron chi connectivity index (χ0n) is 11.3. The fraction of sp³-hybridized carbons (Fsp3) is 0.600. The summed E-state index contributed by atoms with van der Waals surface area (Å²) in [4.78, 5) is 0. The van der Waals surface area contributed by atoms with Gasteiger partial charge in [-0.2, -0.15) is 0 Å². The van der Waals surface area contributed by atoms with Crippen LogP contribution >= 0.6 is 0 Å². The molecule has 0 radical (unpaired) electrons. The molecule has 3 unspecified atom stereocenters. The fourth-order valence-electron chi connectivity index (χ4n) is 2.67. The van der Waals surface area contributed by atoms with Crippen molar-refractivity contribution in [2.24, 2.45) is 11.1 Å². The van der Waals surface area contributed by atoms with Crippen LogP contribution in [0, 0.1) is 5.41 Å². The summed E-state index contributed by atoms with van der Waals surface area (Å²) < 4.78 is 12.5. The number of hydrogen-bond donors (Lipinski definition) is 1. The van der Waals surface area contributed by atoms with Gasteiger partial charge in [-0.15, -0.1) is 0 Å². The Hall–Kier alpha value is -0.670. The van der Waals surface area contributed by atoms with Crippen molar-refractivity contribution in [1.82, 2.24) is 0 Å². The summed E-state index contributed by atoms with van der Waals surface area (Å²) in [6, 6.07) is 10.2. The van der Waals surface area contributed by atoms with Gasteiger partial charge in [0.15, 0.2) is 0 Å². The Labute approximate surface area is 112 Å². The van der Waals surface area contributed by atoms with Gasteiger partial charge in [-0.1, -0.05) is 44.2 Å². The van der Waals surface area contributed by atoms with Crippen molar-refractivity contribution in [3.05, 3.63) is 35.9 Å². The minimum Gasteiger partial charge on any atom is -0.327 e. The first kappa shape index (κ1) is 13.8. The van der Waals surface area contributed by atoms with E-state index < -0.39 is 10.8 Å². The highest BCUT2D eigenvalue weighted by molar-refractivity contribution is 7.84. The molecule has 1 fully saturated rings. The standard InChI is InChI=1S/C15H23NOS/c1-15(2)9-8-13(16)14(10-15)18(17)11-12-6-4-3-5-7-12/h3-7,13-14H,8-11,16H2,1-2H3. The molecule has 0 amide bonds. The van der Waals surface area contributed by atoms with Crippen molar-refractivity contribution in [2.75, 3.05) is 0 Å². The molecule has 1 aromatic rings. The molecule has 0 saturated heterocycles. The van der Waals surface area contributed by atoms with Crippen molar-refractivity contribution in [3.63, 3.8) is 0 Å². The zero-order valence-corrected chi connectivity index (χ0v) is 12.1. The van der Waals surface area contributed by atoms with E-state index in [2.05, 4.69) is 13.8 Å². The Kier molecular flexibility index (Phi) is 4.23. The van der Waals surface area contributed by atoms with Gasteiger partial charge in [-0.05, 0) is 30.2 Å². The van der Waals surface area contributed by atoms with Crippen LogP contribution in [-0.2, 0) is 16.6 Å². The SMILES string of the molecule is CC1(C)CCC(N)C(S(=O)Cc2ccccc2)C1. The molecule has 2 N–H and O–H groups in total. The summed E-state index contributed by atoms with van der Waals surface area (Å²) in [6.07, 6.45) is 3.12. The Morgan fingerprint density at radius 2 is 2.00 bits per heavy atom. The lowest BCUT2D eigenvalue weighted by molar-refractivity contribution is 0.230. The number of hydrogen-bond acceptors (Lipinski definition) is 2. The van der Waals surface area contributed by atoms with Gasteiger partial charge in [0.2, 0.25) is 0 Å². The average molecular weight is 265 g/mol. The summed E-state index contributed by atoms with van der Waals surface area (Å²) >= 11 is 0. The van der Waals surface area contributed by atoms with Gasteiger partial charge in [0.05, 0.1) is 5.25 Å². The van der Waals surface area contributed by atoms with Crippen LogP contribution in [0.5, 0.6) is 0 Å². The molecule has 2 nitrogen and oxygen atoms in total. The second-order valence-corrected chi connectivity index (χ2v) is 7.78. The van der Waals surface area contributed by atoms with E-state index >= 15 is 0 Å². The van der Waals surface area contributed by atoms with Crippen LogP contribution in [-0.4, -0.2) is 15.5 Å². The number of nitrogens with two attached hydrogens (primary N) is 1. The summed E-state index contributed by atoms with van der Waals surface area (Å²) in [5, 5.41) is 0.147. The van der Waals surface area contributed by atoms with Gasteiger partial charge in [-0.3, -0.25) is 4.21 Å². The summed E-state index contributed by atoms with van der Waals surface area (Å²) in [5.41, 5.74) is 7.59. The lowest BCUT2D eigenvalue weighted by Gasteiger charge is -2.38. The molecule has 100 valence electrons. The molecule has 1 aliphatic rings. The molecular weight excluding hydrogens is 242 g/mol. The van der Waals surface area contributed by atoms with Crippen molar-refractivity contribution in [1.29, 1.82) is 0 Å². The molecule has 1 saturated carbocycles. The van der Waals surface area contributed by atoms with E-state index in [0.717, 1.165) is 24.8 Å². The van der Waals surface area contributed by atoms with E-state index in [1.165, 1.54) is 0 Å². The van der Waals surface area contributed by atoms with Crippen LogP contribution < -0.4 is 5.73 Å². The quantitative estimate of drug-likeness (QED) is 0.913. The fourth-order valence-corrected chi connectivity index (χ4v) is 4.57. The van der Waals surface area contributed by atoms with E-state index in [9.17, 15) is 4.21 Å².